The quantitative estimate of drug-likeness (QED) is 0.410. The largest absolute Gasteiger partial charge is 0 e. The van der Waals surface area contributed by atoms with Crippen LogP contribution in [0.1, 0.15) is 6.92 Å². The van der Waals surface area contributed by atoms with Gasteiger partial charge in [-0.1, -0.05) is 0 Å². The van der Waals surface area contributed by atoms with E-state index in [1.165, 1.54) is 13.2 Å². The maximum absolute atomic E-state index is 8.68. The van der Waals surface area contributed by atoms with Crippen LogP contribution >= 0.6 is 0 Å². The predicted molar refractivity (Wildman–Crippen MR) is 27.1 cm³/mol. The first-order valence-corrected chi connectivity index (χ1v) is 1.52. The molecule has 0 amide bonds. The molecule has 67 valence electrons. The summed E-state index contributed by atoms with van der Waals surface area (Å²) in [5.41, 5.74) is 0. The summed E-state index contributed by atoms with van der Waals surface area (Å²) in [7, 11) is 0. The van der Waals surface area contributed by atoms with Crippen molar-refractivity contribution in [2.75, 3.05) is 0 Å². The summed E-state index contributed by atoms with van der Waals surface area (Å²) < 4.78 is 30.0. The Morgan fingerprint density at radius 3 is 0.833 bits per heavy atom. The maximum Gasteiger partial charge on any atom is 0 e. The molecule has 0 spiro atoms. The first-order valence-electron chi connectivity index (χ1n) is 1.52. The average molecular weight is 214 g/mol. The van der Waals surface area contributed by atoms with E-state index >= 15 is 0 Å². The standard InChI is InChI=1S/C2H3O.4CO.Co/c1-2-3;4*1-2;/h1H3;;;;;/q-1;;;;;. The van der Waals surface area contributed by atoms with Crippen molar-refractivity contribution in [3.8, 4) is 0 Å². The van der Waals surface area contributed by atoms with Gasteiger partial charge in [-0.15, -0.1) is 0 Å². The van der Waals surface area contributed by atoms with Gasteiger partial charge >= 0.3 is 45.2 Å². The molecule has 6 heteroatoms. The van der Waals surface area contributed by atoms with E-state index in [4.69, 9.17) is 23.4 Å². The minimum atomic E-state index is 0. The van der Waals surface area contributed by atoms with Crippen LogP contribution in [0.15, 0.2) is 0 Å². The van der Waals surface area contributed by atoms with Crippen molar-refractivity contribution in [3.63, 3.8) is 0 Å². The van der Waals surface area contributed by atoms with Crippen LogP contribution in [0.25, 0.3) is 0 Å². The van der Waals surface area contributed by atoms with Gasteiger partial charge in [-0.2, -0.15) is 6.92 Å². The second-order valence-corrected chi connectivity index (χ2v) is 0.204. The van der Waals surface area contributed by atoms with Gasteiger partial charge in [-0.05, 0) is 0 Å². The molecule has 0 aliphatic heterocycles. The Morgan fingerprint density at radius 1 is 0.833 bits per heavy atom. The first kappa shape index (κ1) is 43.4. The summed E-state index contributed by atoms with van der Waals surface area (Å²) in [5.74, 6) is 0. The van der Waals surface area contributed by atoms with E-state index in [9.17, 15) is 0 Å². The van der Waals surface area contributed by atoms with Crippen LogP contribution in [-0.2, 0) is 40.2 Å². The molecular formula is C6H3CoO5-. The molecule has 0 bridgehead atoms. The van der Waals surface area contributed by atoms with Gasteiger partial charge in [0.05, 0.1) is 0 Å². The van der Waals surface area contributed by atoms with E-state index < -0.39 is 0 Å². The minimum absolute atomic E-state index is 0. The van der Waals surface area contributed by atoms with E-state index in [2.05, 4.69) is 26.6 Å². The molecule has 0 unspecified atom stereocenters. The zero-order valence-electron chi connectivity index (χ0n) is 5.87. The second-order valence-electron chi connectivity index (χ2n) is 0.204. The molecule has 0 aliphatic carbocycles. The Labute approximate surface area is 80.6 Å². The fraction of sp³-hybridized carbons (Fsp3) is 0.167. The molecule has 5 nitrogen and oxygen atoms in total. The van der Waals surface area contributed by atoms with Crippen LogP contribution in [0.4, 0.5) is 0 Å². The Bertz CT molecular complexity index is 88.1. The van der Waals surface area contributed by atoms with E-state index in [1.807, 2.05) is 0 Å². The Hall–Kier alpha value is -0.864. The zero-order chi connectivity index (χ0) is 10.7. The van der Waals surface area contributed by atoms with Gasteiger partial charge in [0, 0.05) is 16.8 Å². The number of hydrogen-bond donors (Lipinski definition) is 0. The van der Waals surface area contributed by atoms with Crippen molar-refractivity contribution < 1.29 is 40.2 Å². The van der Waals surface area contributed by atoms with Gasteiger partial charge in [0.15, 0.2) is 0 Å². The van der Waals surface area contributed by atoms with Gasteiger partial charge in [0.2, 0.25) is 0 Å². The first-order chi connectivity index (χ1) is 5.41. The summed E-state index contributed by atoms with van der Waals surface area (Å²) in [6, 6.07) is 0. The van der Waals surface area contributed by atoms with Crippen molar-refractivity contribution in [1.82, 2.24) is 0 Å². The van der Waals surface area contributed by atoms with E-state index in [0.29, 0.717) is 0 Å². The maximum atomic E-state index is 8.68. The molecule has 0 aromatic carbocycles. The number of hydrogen-bond acceptors (Lipinski definition) is 1. The number of rotatable bonds is 0. The number of carbonyl (C=O) groups excluding carboxylic acids is 1. The third-order valence-electron chi connectivity index (χ3n) is 0. The van der Waals surface area contributed by atoms with Crippen LogP contribution in [0.2, 0.25) is 0 Å². The van der Waals surface area contributed by atoms with Crippen LogP contribution < -0.4 is 0 Å². The molecule has 0 aliphatic rings. The molecule has 0 N–H and O–H groups in total. The molecule has 0 aromatic rings. The van der Waals surface area contributed by atoms with Crippen LogP contribution in [-0.4, -0.2) is 6.29 Å². The average Bonchev–Trinajstić information content (AvgIpc) is 2.18. The predicted octanol–water partition coefficient (Wildman–Crippen LogP) is -0.0365. The van der Waals surface area contributed by atoms with Crippen LogP contribution in [0.3, 0.4) is 0 Å². The van der Waals surface area contributed by atoms with E-state index in [-0.39, 0.29) is 16.8 Å². The Morgan fingerprint density at radius 2 is 0.833 bits per heavy atom. The fourth-order valence-electron chi connectivity index (χ4n) is 0. The van der Waals surface area contributed by atoms with Crippen molar-refractivity contribution in [1.29, 1.82) is 0 Å². The zero-order valence-corrected chi connectivity index (χ0v) is 6.92. The van der Waals surface area contributed by atoms with Gasteiger partial charge < -0.3 is 4.79 Å². The molecule has 0 fully saturated rings. The third-order valence-corrected chi connectivity index (χ3v) is 0. The Balaban J connectivity index is -0.00000000933. The molecule has 0 heterocycles. The monoisotopic (exact) mass is 214 g/mol. The Kier molecular flexibility index (Phi) is 164000. The van der Waals surface area contributed by atoms with Gasteiger partial charge in [0.1, 0.15) is 0 Å². The van der Waals surface area contributed by atoms with Crippen molar-refractivity contribution in [2.45, 2.75) is 6.92 Å². The van der Waals surface area contributed by atoms with E-state index in [1.54, 1.807) is 0 Å². The van der Waals surface area contributed by atoms with Gasteiger partial charge in [-0.3, -0.25) is 6.29 Å². The van der Waals surface area contributed by atoms with Crippen molar-refractivity contribution in [2.24, 2.45) is 0 Å². The summed E-state index contributed by atoms with van der Waals surface area (Å²) >= 11 is 0. The summed E-state index contributed by atoms with van der Waals surface area (Å²) in [4.78, 5) is 8.68. The van der Waals surface area contributed by atoms with E-state index in [0.717, 1.165) is 0 Å². The van der Waals surface area contributed by atoms with Crippen LogP contribution in [0.5, 0.6) is 0 Å². The van der Waals surface area contributed by atoms with Gasteiger partial charge in [-0.25, -0.2) is 0 Å². The smallest absolute Gasteiger partial charge is 0 e. The topological polar surface area (TPSA) is 96.7 Å². The third kappa shape index (κ3) is 811. The normalized spacial score (nSPS) is 1.75. The van der Waals surface area contributed by atoms with Crippen LogP contribution in [0, 0.1) is 26.6 Å². The van der Waals surface area contributed by atoms with Crippen molar-refractivity contribution >= 4 is 6.29 Å². The second kappa shape index (κ2) is 45400. The molecule has 0 saturated carbocycles. The molecule has 12 heavy (non-hydrogen) atoms. The fourth-order valence-corrected chi connectivity index (χ4v) is 0. The summed E-state index contributed by atoms with van der Waals surface area (Å²) in [5, 5.41) is 0. The van der Waals surface area contributed by atoms with Crippen molar-refractivity contribution in [3.05, 3.63) is 26.6 Å². The van der Waals surface area contributed by atoms with Gasteiger partial charge in [0.25, 0.3) is 0 Å². The molecule has 0 saturated heterocycles. The SMILES string of the molecule is C[C-]=O.[C-]#[O+].[C-]#[O+].[C-]#[O+].[C-]#[O+].[Co]. The minimum Gasteiger partial charge on any atom is 0 e. The summed E-state index contributed by atoms with van der Waals surface area (Å²) in [6.45, 7) is 19.3. The molecule has 0 rings (SSSR count). The molecule has 0 aromatic heterocycles. The molecule has 1 radical (unpaired) electrons. The molecular weight excluding hydrogens is 211 g/mol. The summed E-state index contributed by atoms with van der Waals surface area (Å²) in [6.07, 6.45) is 1.50. The molecule has 0 atom stereocenters.